The summed E-state index contributed by atoms with van der Waals surface area (Å²) in [6.45, 7) is 3.29. The molecule has 0 radical (unpaired) electrons. The number of hydrogen-bond acceptors (Lipinski definition) is 2. The number of ether oxygens (including phenoxy) is 1. The van der Waals surface area contributed by atoms with Crippen LogP contribution in [0, 0.1) is 0 Å². The normalized spacial score (nSPS) is 18.5. The van der Waals surface area contributed by atoms with Crippen LogP contribution in [0.2, 0.25) is 10.0 Å². The first-order valence-electron chi connectivity index (χ1n) is 7.31. The molecular formula is C18H14Cl2N2O2. The number of rotatable bonds is 2. The molecule has 0 N–H and O–H groups in total. The second-order valence-electron chi connectivity index (χ2n) is 6.09. The van der Waals surface area contributed by atoms with Crippen LogP contribution in [-0.2, 0) is 15.1 Å². The number of ketones is 1. The summed E-state index contributed by atoms with van der Waals surface area (Å²) in [7, 11) is 0. The molecule has 1 heterocycles. The van der Waals surface area contributed by atoms with Gasteiger partial charge in [-0.3, -0.25) is 4.79 Å². The summed E-state index contributed by atoms with van der Waals surface area (Å²) in [5.41, 5.74) is 8.31. The molecule has 24 heavy (non-hydrogen) atoms. The lowest BCUT2D eigenvalue weighted by Crippen LogP contribution is -2.37. The van der Waals surface area contributed by atoms with Crippen molar-refractivity contribution in [2.75, 3.05) is 0 Å². The maximum absolute atomic E-state index is 12.7. The van der Waals surface area contributed by atoms with Gasteiger partial charge in [-0.25, -0.2) is 0 Å². The van der Waals surface area contributed by atoms with Crippen molar-refractivity contribution in [3.05, 3.63) is 75.2 Å². The fourth-order valence-corrected chi connectivity index (χ4v) is 3.22. The van der Waals surface area contributed by atoms with E-state index in [-0.39, 0.29) is 11.5 Å². The van der Waals surface area contributed by atoms with E-state index in [1.807, 2.05) is 0 Å². The first kappa shape index (κ1) is 16.9. The van der Waals surface area contributed by atoms with E-state index in [0.717, 1.165) is 0 Å². The average Bonchev–Trinajstić information content (AvgIpc) is 2.76. The molecule has 2 aromatic carbocycles. The molecule has 3 rings (SSSR count). The van der Waals surface area contributed by atoms with Gasteiger partial charge in [-0.2, -0.15) is 4.79 Å². The summed E-state index contributed by atoms with van der Waals surface area (Å²) in [5.74, 6) is -0.380. The Labute approximate surface area is 149 Å². The van der Waals surface area contributed by atoms with E-state index in [0.29, 0.717) is 21.2 Å². The smallest absolute Gasteiger partial charge is 0.361 e. The molecule has 2 aromatic rings. The summed E-state index contributed by atoms with van der Waals surface area (Å²) < 4.78 is 6.18. The van der Waals surface area contributed by atoms with E-state index in [1.165, 1.54) is 0 Å². The first-order valence-corrected chi connectivity index (χ1v) is 8.06. The molecule has 4 nitrogen and oxygen atoms in total. The third-order valence-electron chi connectivity index (χ3n) is 4.11. The summed E-state index contributed by atoms with van der Waals surface area (Å²) in [4.78, 5) is 16.0. The van der Waals surface area contributed by atoms with Crippen LogP contribution in [0.25, 0.3) is 5.53 Å². The molecule has 0 spiro atoms. The first-order chi connectivity index (χ1) is 11.3. The number of benzene rings is 2. The van der Waals surface area contributed by atoms with E-state index >= 15 is 0 Å². The monoisotopic (exact) mass is 360 g/mol. The molecule has 0 aromatic heterocycles. The van der Waals surface area contributed by atoms with Gasteiger partial charge < -0.3 is 10.3 Å². The second kappa shape index (κ2) is 5.83. The van der Waals surface area contributed by atoms with Crippen LogP contribution < -0.4 is 0 Å². The van der Waals surface area contributed by atoms with Crippen molar-refractivity contribution in [2.45, 2.75) is 25.0 Å². The molecule has 0 unspecified atom stereocenters. The second-order valence-corrected chi connectivity index (χ2v) is 6.96. The maximum Gasteiger partial charge on any atom is 0.378 e. The third kappa shape index (κ3) is 2.48. The van der Waals surface area contributed by atoms with Gasteiger partial charge in [0.15, 0.2) is 0 Å². The molecule has 1 fully saturated rings. The Morgan fingerprint density at radius 2 is 1.33 bits per heavy atom. The topological polar surface area (TPSA) is 62.7 Å². The van der Waals surface area contributed by atoms with Crippen LogP contribution in [0.4, 0.5) is 0 Å². The van der Waals surface area contributed by atoms with Gasteiger partial charge >= 0.3 is 5.71 Å². The number of nitrogens with zero attached hydrogens (tertiary/aromatic N) is 2. The summed E-state index contributed by atoms with van der Waals surface area (Å²) in [5, 5.41) is 1.10. The molecule has 1 aliphatic rings. The van der Waals surface area contributed by atoms with Gasteiger partial charge in [-0.1, -0.05) is 47.5 Å². The number of hydrogen-bond donors (Lipinski definition) is 0. The zero-order valence-corrected chi connectivity index (χ0v) is 14.6. The fraction of sp³-hybridized carbons (Fsp3) is 0.222. The highest BCUT2D eigenvalue weighted by molar-refractivity contribution is 6.45. The summed E-state index contributed by atoms with van der Waals surface area (Å²) in [6.07, 6.45) is 0. The van der Waals surface area contributed by atoms with Gasteiger partial charge in [0, 0.05) is 21.2 Å². The van der Waals surface area contributed by atoms with E-state index in [2.05, 4.69) is 4.79 Å². The molecule has 6 heteroatoms. The van der Waals surface area contributed by atoms with E-state index in [1.54, 1.807) is 62.4 Å². The highest BCUT2D eigenvalue weighted by Gasteiger charge is 2.64. The number of Topliss-reactive ketones (excluding diaryl/α,β-unsaturated/α-hetero) is 1. The van der Waals surface area contributed by atoms with Crippen LogP contribution >= 0.6 is 23.2 Å². The van der Waals surface area contributed by atoms with Crippen LogP contribution in [0.1, 0.15) is 25.0 Å². The number of carbonyl (C=O) groups is 1. The Hall–Kier alpha value is -1.97. The molecule has 0 amide bonds. The fourth-order valence-electron chi connectivity index (χ4n) is 2.97. The van der Waals surface area contributed by atoms with Crippen molar-refractivity contribution in [3.63, 3.8) is 0 Å². The van der Waals surface area contributed by atoms with Gasteiger partial charge in [-0.05, 0) is 38.1 Å². The number of halogens is 2. The standard InChI is InChI=1S/C18H14Cl2N2O2/c1-17(2)16(23)15(22-21)18(24-17,11-3-7-13(19)8-4-11)12-5-9-14(20)10-6-12/h3-10H,1-2H3. The zero-order chi connectivity index (χ0) is 17.5. The molecule has 122 valence electrons. The zero-order valence-electron chi connectivity index (χ0n) is 13.1. The SMILES string of the molecule is CC1(C)OC(c2ccc(Cl)cc2)(c2ccc(Cl)cc2)C(=[N+]=[N-])C1=O. The predicted octanol–water partition coefficient (Wildman–Crippen LogP) is 4.29. The lowest BCUT2D eigenvalue weighted by atomic mass is 9.81. The van der Waals surface area contributed by atoms with Gasteiger partial charge in [0.25, 0.3) is 5.78 Å². The summed E-state index contributed by atoms with van der Waals surface area (Å²) >= 11 is 12.0. The molecule has 0 atom stereocenters. The molecule has 0 aliphatic carbocycles. The van der Waals surface area contributed by atoms with Gasteiger partial charge in [0.05, 0.1) is 0 Å². The van der Waals surface area contributed by atoms with Crippen LogP contribution in [0.3, 0.4) is 0 Å². The molecule has 0 bridgehead atoms. The van der Waals surface area contributed by atoms with Gasteiger partial charge in [0.2, 0.25) is 5.60 Å². The number of carbonyl (C=O) groups excluding carboxylic acids is 1. The van der Waals surface area contributed by atoms with Crippen LogP contribution in [-0.4, -0.2) is 21.9 Å². The molecule has 1 aliphatic heterocycles. The van der Waals surface area contributed by atoms with Crippen molar-refractivity contribution < 1.29 is 14.3 Å². The van der Waals surface area contributed by atoms with E-state index < -0.39 is 11.2 Å². The Morgan fingerprint density at radius 3 is 1.71 bits per heavy atom. The van der Waals surface area contributed by atoms with E-state index in [4.69, 9.17) is 27.9 Å². The Kier molecular flexibility index (Phi) is 4.10. The van der Waals surface area contributed by atoms with Gasteiger partial charge in [0.1, 0.15) is 5.60 Å². The molecule has 1 saturated heterocycles. The summed E-state index contributed by atoms with van der Waals surface area (Å²) in [6, 6.07) is 13.8. The van der Waals surface area contributed by atoms with E-state index in [9.17, 15) is 10.3 Å². The van der Waals surface area contributed by atoms with Crippen LogP contribution in [0.5, 0.6) is 0 Å². The quantitative estimate of drug-likeness (QED) is 0.592. The molecular weight excluding hydrogens is 347 g/mol. The maximum atomic E-state index is 12.7. The highest BCUT2D eigenvalue weighted by atomic mass is 35.5. The highest BCUT2D eigenvalue weighted by Crippen LogP contribution is 2.45. The van der Waals surface area contributed by atoms with Crippen molar-refractivity contribution in [2.24, 2.45) is 0 Å². The Morgan fingerprint density at radius 1 is 0.917 bits per heavy atom. The van der Waals surface area contributed by atoms with Crippen molar-refractivity contribution >= 4 is 34.7 Å². The third-order valence-corrected chi connectivity index (χ3v) is 4.61. The van der Waals surface area contributed by atoms with Crippen LogP contribution in [0.15, 0.2) is 48.5 Å². The average molecular weight is 361 g/mol. The Balaban J connectivity index is 2.34. The van der Waals surface area contributed by atoms with Crippen molar-refractivity contribution in [1.29, 1.82) is 0 Å². The largest absolute Gasteiger partial charge is 0.378 e. The van der Waals surface area contributed by atoms with Gasteiger partial charge in [-0.15, -0.1) is 0 Å². The minimum Gasteiger partial charge on any atom is -0.361 e. The Bertz CT molecular complexity index is 806. The van der Waals surface area contributed by atoms with Crippen molar-refractivity contribution in [1.82, 2.24) is 0 Å². The minimum atomic E-state index is -1.33. The lowest BCUT2D eigenvalue weighted by Gasteiger charge is -2.28. The predicted molar refractivity (Wildman–Crippen MR) is 92.5 cm³/mol. The van der Waals surface area contributed by atoms with Crippen molar-refractivity contribution in [3.8, 4) is 0 Å². The minimum absolute atomic E-state index is 0.0721. The lowest BCUT2D eigenvalue weighted by molar-refractivity contribution is -0.132. The molecule has 0 saturated carbocycles.